The minimum Gasteiger partial charge on any atom is -0.354 e. The minimum atomic E-state index is -0.347. The average Bonchev–Trinajstić information content (AvgIpc) is 2.66. The predicted molar refractivity (Wildman–Crippen MR) is 104 cm³/mol. The van der Waals surface area contributed by atoms with E-state index >= 15 is 0 Å². The number of nitrogens with one attached hydrogen (secondary N) is 2. The second-order valence-corrected chi connectivity index (χ2v) is 6.85. The summed E-state index contributed by atoms with van der Waals surface area (Å²) in [6.07, 6.45) is 0.374. The fourth-order valence-electron chi connectivity index (χ4n) is 2.35. The predicted octanol–water partition coefficient (Wildman–Crippen LogP) is 3.03. The summed E-state index contributed by atoms with van der Waals surface area (Å²) in [5, 5.41) is 5.34. The molecule has 7 heteroatoms. The van der Waals surface area contributed by atoms with Crippen LogP contribution >= 0.6 is 15.9 Å². The number of halogens is 2. The Balaban J connectivity index is 1.60. The molecule has 2 amide bonds. The third-order valence-corrected chi connectivity index (χ3v) is 4.32. The number of hydrogen-bond acceptors (Lipinski definition) is 3. The molecule has 5 nitrogen and oxygen atoms in total. The van der Waals surface area contributed by atoms with Crippen molar-refractivity contribution < 1.29 is 18.8 Å². The number of carbonyl (C=O) groups is 3. The average molecular weight is 435 g/mol. The van der Waals surface area contributed by atoms with Crippen LogP contribution in [0.4, 0.5) is 4.39 Å². The summed E-state index contributed by atoms with van der Waals surface area (Å²) in [6, 6.07) is 12.7. The van der Waals surface area contributed by atoms with Crippen LogP contribution in [0.1, 0.15) is 28.8 Å². The van der Waals surface area contributed by atoms with Gasteiger partial charge in [0.15, 0.2) is 5.78 Å². The molecule has 0 fully saturated rings. The van der Waals surface area contributed by atoms with E-state index in [1.807, 2.05) is 0 Å². The van der Waals surface area contributed by atoms with Gasteiger partial charge in [0.2, 0.25) is 11.8 Å². The molecule has 0 saturated heterocycles. The number of ketones is 1. The quantitative estimate of drug-likeness (QED) is 0.470. The Morgan fingerprint density at radius 3 is 2.04 bits per heavy atom. The van der Waals surface area contributed by atoms with Crippen molar-refractivity contribution in [2.24, 2.45) is 0 Å². The van der Waals surface area contributed by atoms with Crippen LogP contribution in [0.3, 0.4) is 0 Å². The molecule has 0 bridgehead atoms. The van der Waals surface area contributed by atoms with Crippen LogP contribution in [-0.2, 0) is 16.0 Å². The lowest BCUT2D eigenvalue weighted by molar-refractivity contribution is -0.122. The highest BCUT2D eigenvalue weighted by Gasteiger charge is 2.09. The molecule has 142 valence electrons. The highest BCUT2D eigenvalue weighted by atomic mass is 79.9. The molecular formula is C20H20BrFN2O3. The van der Waals surface area contributed by atoms with Gasteiger partial charge in [0, 0.05) is 36.0 Å². The van der Waals surface area contributed by atoms with Crippen molar-refractivity contribution in [2.75, 3.05) is 13.1 Å². The maximum Gasteiger partial charge on any atom is 0.224 e. The zero-order valence-electron chi connectivity index (χ0n) is 14.6. The molecule has 0 saturated carbocycles. The molecule has 0 spiro atoms. The molecule has 27 heavy (non-hydrogen) atoms. The lowest BCUT2D eigenvalue weighted by atomic mass is 10.1. The van der Waals surface area contributed by atoms with E-state index in [2.05, 4.69) is 26.6 Å². The summed E-state index contributed by atoms with van der Waals surface area (Å²) >= 11 is 3.30. The lowest BCUT2D eigenvalue weighted by Crippen LogP contribution is -2.35. The molecule has 0 aromatic heterocycles. The van der Waals surface area contributed by atoms with E-state index in [1.165, 1.54) is 12.1 Å². The maximum absolute atomic E-state index is 12.8. The minimum absolute atomic E-state index is 0.0924. The van der Waals surface area contributed by atoms with E-state index in [1.54, 1.807) is 36.4 Å². The summed E-state index contributed by atoms with van der Waals surface area (Å²) in [6.45, 7) is 0.562. The van der Waals surface area contributed by atoms with Gasteiger partial charge in [0.1, 0.15) is 5.82 Å². The Morgan fingerprint density at radius 2 is 1.41 bits per heavy atom. The van der Waals surface area contributed by atoms with Crippen LogP contribution in [0.25, 0.3) is 0 Å². The van der Waals surface area contributed by atoms with E-state index in [4.69, 9.17) is 0 Å². The first-order valence-corrected chi connectivity index (χ1v) is 9.30. The van der Waals surface area contributed by atoms with Crippen LogP contribution in [0, 0.1) is 5.82 Å². The second-order valence-electron chi connectivity index (χ2n) is 5.93. The second kappa shape index (κ2) is 10.6. The molecule has 0 atom stereocenters. The van der Waals surface area contributed by atoms with Crippen molar-refractivity contribution >= 4 is 33.5 Å². The summed E-state index contributed by atoms with van der Waals surface area (Å²) in [5.74, 6) is -0.889. The molecule has 2 aromatic rings. The van der Waals surface area contributed by atoms with Gasteiger partial charge in [0.25, 0.3) is 0 Å². The van der Waals surface area contributed by atoms with Crippen molar-refractivity contribution in [3.8, 4) is 0 Å². The molecule has 0 aliphatic rings. The Kier molecular flexibility index (Phi) is 8.13. The third-order valence-electron chi connectivity index (χ3n) is 3.79. The third kappa shape index (κ3) is 7.70. The molecule has 0 unspecified atom stereocenters. The smallest absolute Gasteiger partial charge is 0.224 e. The SMILES string of the molecule is O=C(CCC(=O)c1ccc(Br)cc1)NCCNC(=O)Cc1ccc(F)cc1. The van der Waals surface area contributed by atoms with Crippen LogP contribution in [0.5, 0.6) is 0 Å². The molecule has 0 aliphatic heterocycles. The first kappa shape index (κ1) is 20.8. The van der Waals surface area contributed by atoms with Gasteiger partial charge in [-0.1, -0.05) is 40.2 Å². The normalized spacial score (nSPS) is 10.3. The van der Waals surface area contributed by atoms with Crippen molar-refractivity contribution in [3.05, 3.63) is 69.9 Å². The molecule has 0 heterocycles. The number of rotatable bonds is 9. The van der Waals surface area contributed by atoms with E-state index in [-0.39, 0.29) is 55.8 Å². The van der Waals surface area contributed by atoms with Crippen LogP contribution in [0.2, 0.25) is 0 Å². The fraction of sp³-hybridized carbons (Fsp3) is 0.250. The number of amides is 2. The fourth-order valence-corrected chi connectivity index (χ4v) is 2.61. The summed E-state index contributed by atoms with van der Waals surface area (Å²) in [7, 11) is 0. The highest BCUT2D eigenvalue weighted by Crippen LogP contribution is 2.12. The number of carbonyl (C=O) groups excluding carboxylic acids is 3. The number of Topliss-reactive ketones (excluding diaryl/α,β-unsaturated/α-hetero) is 1. The van der Waals surface area contributed by atoms with Crippen molar-refractivity contribution in [1.29, 1.82) is 0 Å². The number of benzene rings is 2. The Bertz CT molecular complexity index is 792. The summed E-state index contributed by atoms with van der Waals surface area (Å²) in [5.41, 5.74) is 1.28. The standard InChI is InChI=1S/C20H20BrFN2O3/c21-16-5-3-15(4-6-16)18(25)9-10-19(26)23-11-12-24-20(27)13-14-1-7-17(22)8-2-14/h1-8H,9-13H2,(H,23,26)(H,24,27). The first-order chi connectivity index (χ1) is 12.9. The van der Waals surface area contributed by atoms with Gasteiger partial charge in [-0.05, 0) is 29.8 Å². The van der Waals surface area contributed by atoms with Crippen molar-refractivity contribution in [2.45, 2.75) is 19.3 Å². The zero-order valence-corrected chi connectivity index (χ0v) is 16.2. The van der Waals surface area contributed by atoms with Gasteiger partial charge in [-0.15, -0.1) is 0 Å². The Hall–Kier alpha value is -2.54. The van der Waals surface area contributed by atoms with E-state index in [9.17, 15) is 18.8 Å². The summed E-state index contributed by atoms with van der Waals surface area (Å²) < 4.78 is 13.7. The monoisotopic (exact) mass is 434 g/mol. The number of hydrogen-bond donors (Lipinski definition) is 2. The van der Waals surface area contributed by atoms with E-state index < -0.39 is 0 Å². The van der Waals surface area contributed by atoms with E-state index in [0.29, 0.717) is 11.1 Å². The summed E-state index contributed by atoms with van der Waals surface area (Å²) in [4.78, 5) is 35.6. The molecule has 2 rings (SSSR count). The van der Waals surface area contributed by atoms with Gasteiger partial charge in [-0.2, -0.15) is 0 Å². The maximum atomic E-state index is 12.8. The Morgan fingerprint density at radius 1 is 0.815 bits per heavy atom. The topological polar surface area (TPSA) is 75.3 Å². The highest BCUT2D eigenvalue weighted by molar-refractivity contribution is 9.10. The van der Waals surface area contributed by atoms with Gasteiger partial charge in [0.05, 0.1) is 6.42 Å². The lowest BCUT2D eigenvalue weighted by Gasteiger charge is -2.07. The zero-order chi connectivity index (χ0) is 19.6. The van der Waals surface area contributed by atoms with E-state index in [0.717, 1.165) is 4.47 Å². The van der Waals surface area contributed by atoms with Gasteiger partial charge in [-0.3, -0.25) is 14.4 Å². The van der Waals surface area contributed by atoms with Crippen LogP contribution in [0.15, 0.2) is 53.0 Å². The van der Waals surface area contributed by atoms with Crippen molar-refractivity contribution in [3.63, 3.8) is 0 Å². The molecule has 2 N–H and O–H groups in total. The largest absolute Gasteiger partial charge is 0.354 e. The molecular weight excluding hydrogens is 415 g/mol. The molecule has 2 aromatic carbocycles. The molecule has 0 aliphatic carbocycles. The van der Waals surface area contributed by atoms with Crippen LogP contribution < -0.4 is 10.6 Å². The Labute approximate surface area is 165 Å². The van der Waals surface area contributed by atoms with Crippen molar-refractivity contribution in [1.82, 2.24) is 10.6 Å². The van der Waals surface area contributed by atoms with Gasteiger partial charge < -0.3 is 10.6 Å². The molecule has 0 radical (unpaired) electrons. The van der Waals surface area contributed by atoms with Gasteiger partial charge >= 0.3 is 0 Å². The van der Waals surface area contributed by atoms with Crippen LogP contribution in [-0.4, -0.2) is 30.7 Å². The first-order valence-electron chi connectivity index (χ1n) is 8.50. The van der Waals surface area contributed by atoms with Gasteiger partial charge in [-0.25, -0.2) is 4.39 Å².